The summed E-state index contributed by atoms with van der Waals surface area (Å²) in [6, 6.07) is 4.56. The van der Waals surface area contributed by atoms with Crippen LogP contribution in [0.4, 0.5) is 4.39 Å². The maximum atomic E-state index is 14.1. The van der Waals surface area contributed by atoms with E-state index in [1.807, 2.05) is 0 Å². The Labute approximate surface area is 125 Å². The number of phenolic OH excluding ortho intramolecular Hbond substituents is 1. The van der Waals surface area contributed by atoms with Gasteiger partial charge in [0.05, 0.1) is 0 Å². The Morgan fingerprint density at radius 3 is 3.00 bits per heavy atom. The zero-order valence-electron chi connectivity index (χ0n) is 11.9. The second-order valence-electron chi connectivity index (χ2n) is 5.28. The van der Waals surface area contributed by atoms with Crippen molar-refractivity contribution in [3.63, 3.8) is 0 Å². The summed E-state index contributed by atoms with van der Waals surface area (Å²) in [5, 5.41) is 10.2. The van der Waals surface area contributed by atoms with Crippen LogP contribution in [0.25, 0.3) is 11.0 Å². The van der Waals surface area contributed by atoms with Gasteiger partial charge in [0.1, 0.15) is 17.5 Å². The molecule has 0 saturated heterocycles. The summed E-state index contributed by atoms with van der Waals surface area (Å²) in [5.41, 5.74) is 6.81. The van der Waals surface area contributed by atoms with E-state index in [9.17, 15) is 14.3 Å². The Morgan fingerprint density at radius 2 is 2.23 bits per heavy atom. The smallest absolute Gasteiger partial charge is 0.340 e. The van der Waals surface area contributed by atoms with Gasteiger partial charge in [0.25, 0.3) is 0 Å². The first kappa shape index (κ1) is 14.5. The molecule has 0 fully saturated rings. The van der Waals surface area contributed by atoms with Crippen LogP contribution >= 0.6 is 0 Å². The van der Waals surface area contributed by atoms with E-state index in [1.54, 1.807) is 13.0 Å². The van der Waals surface area contributed by atoms with Crippen LogP contribution in [0.3, 0.4) is 0 Å². The van der Waals surface area contributed by atoms with Crippen molar-refractivity contribution in [2.75, 3.05) is 0 Å². The molecule has 1 aromatic carbocycles. The predicted octanol–water partition coefficient (Wildman–Crippen LogP) is 1.98. The van der Waals surface area contributed by atoms with Gasteiger partial charge in [0.2, 0.25) is 0 Å². The summed E-state index contributed by atoms with van der Waals surface area (Å²) in [4.78, 5) is 15.9. The third-order valence-electron chi connectivity index (χ3n) is 3.85. The molecule has 5 nitrogen and oxygen atoms in total. The highest BCUT2D eigenvalue weighted by Crippen LogP contribution is 2.26. The van der Waals surface area contributed by atoms with Gasteiger partial charge < -0.3 is 15.3 Å². The Kier molecular flexibility index (Phi) is 3.54. The summed E-state index contributed by atoms with van der Waals surface area (Å²) in [6.45, 7) is 1.77. The number of aryl methyl sites for hydroxylation is 1. The van der Waals surface area contributed by atoms with Crippen molar-refractivity contribution in [2.45, 2.75) is 25.7 Å². The molecular weight excluding hydrogens is 287 g/mol. The highest BCUT2D eigenvalue weighted by Gasteiger charge is 2.25. The average Bonchev–Trinajstić information content (AvgIpc) is 2.47. The van der Waals surface area contributed by atoms with Crippen LogP contribution in [0.1, 0.15) is 11.1 Å². The Hall–Kier alpha value is -2.47. The number of halogens is 1. The number of fused-ring (bicyclic) bond motifs is 1. The molecule has 0 spiro atoms. The zero-order chi connectivity index (χ0) is 15.9. The van der Waals surface area contributed by atoms with Gasteiger partial charge in [-0.15, -0.1) is 0 Å². The van der Waals surface area contributed by atoms with Gasteiger partial charge in [-0.1, -0.05) is 0 Å². The molecule has 2 heterocycles. The number of nitrogens with zero attached hydrogens (tertiary/aromatic N) is 1. The monoisotopic (exact) mass is 302 g/mol. The van der Waals surface area contributed by atoms with Crippen LogP contribution in [0.15, 0.2) is 44.1 Å². The molecule has 1 aliphatic heterocycles. The Balaban J connectivity index is 2.08. The molecule has 1 aromatic heterocycles. The molecule has 114 valence electrons. The number of hydrogen-bond acceptors (Lipinski definition) is 5. The van der Waals surface area contributed by atoms with E-state index in [4.69, 9.17) is 10.2 Å². The molecular formula is C16H15FN2O3. The van der Waals surface area contributed by atoms with Crippen molar-refractivity contribution >= 4 is 17.2 Å². The number of phenols is 1. The summed E-state index contributed by atoms with van der Waals surface area (Å²) in [5.74, 6) is 0.0174. The van der Waals surface area contributed by atoms with Crippen LogP contribution in [0, 0.1) is 6.92 Å². The number of hydrogen-bond donors (Lipinski definition) is 2. The Morgan fingerprint density at radius 1 is 1.45 bits per heavy atom. The largest absolute Gasteiger partial charge is 0.508 e. The van der Waals surface area contributed by atoms with Crippen molar-refractivity contribution in [3.8, 4) is 5.75 Å². The van der Waals surface area contributed by atoms with Gasteiger partial charge in [-0.2, -0.15) is 0 Å². The van der Waals surface area contributed by atoms with Crippen molar-refractivity contribution in [1.82, 2.24) is 0 Å². The first-order valence-corrected chi connectivity index (χ1v) is 6.84. The van der Waals surface area contributed by atoms with Crippen LogP contribution in [0.5, 0.6) is 5.75 Å². The van der Waals surface area contributed by atoms with Crippen LogP contribution in [-0.4, -0.2) is 23.7 Å². The minimum absolute atomic E-state index is 0.0174. The second kappa shape index (κ2) is 5.38. The van der Waals surface area contributed by atoms with E-state index in [0.29, 0.717) is 27.7 Å². The third-order valence-corrected chi connectivity index (χ3v) is 3.85. The summed E-state index contributed by atoms with van der Waals surface area (Å²) < 4.78 is 19.3. The lowest BCUT2D eigenvalue weighted by atomic mass is 9.95. The molecule has 2 unspecified atom stereocenters. The van der Waals surface area contributed by atoms with E-state index >= 15 is 0 Å². The van der Waals surface area contributed by atoms with Crippen molar-refractivity contribution in [1.29, 1.82) is 0 Å². The lowest BCUT2D eigenvalue weighted by molar-refractivity contribution is 0.323. The zero-order valence-corrected chi connectivity index (χ0v) is 11.9. The number of allylic oxidation sites excluding steroid dienone is 1. The molecule has 0 saturated carbocycles. The van der Waals surface area contributed by atoms with E-state index in [-0.39, 0.29) is 12.2 Å². The van der Waals surface area contributed by atoms with E-state index in [2.05, 4.69) is 4.99 Å². The van der Waals surface area contributed by atoms with Crippen molar-refractivity contribution < 1.29 is 13.9 Å². The maximum absolute atomic E-state index is 14.1. The van der Waals surface area contributed by atoms with Crippen LogP contribution < -0.4 is 11.4 Å². The number of benzene rings is 1. The molecule has 6 heteroatoms. The molecule has 22 heavy (non-hydrogen) atoms. The average molecular weight is 302 g/mol. The van der Waals surface area contributed by atoms with Gasteiger partial charge in [0, 0.05) is 29.7 Å². The number of nitrogens with two attached hydrogens (primary N) is 1. The van der Waals surface area contributed by atoms with Gasteiger partial charge in [-0.05, 0) is 36.3 Å². The number of aromatic hydroxyl groups is 1. The predicted molar refractivity (Wildman–Crippen MR) is 82.0 cm³/mol. The number of rotatable bonds is 2. The third kappa shape index (κ3) is 2.42. The topological polar surface area (TPSA) is 88.8 Å². The standard InChI is InChI=1S/C16H15FN2O3/c1-8-11-3-2-10(20)7-13(11)22-16(21)12(8)6-9-4-5-19-15(18)14(9)17/h2-5,7,14-15,20H,6,18H2,1H3. The van der Waals surface area contributed by atoms with Gasteiger partial charge in [-0.3, -0.25) is 4.99 Å². The molecule has 2 atom stereocenters. The quantitative estimate of drug-likeness (QED) is 0.830. The maximum Gasteiger partial charge on any atom is 0.340 e. The molecule has 0 amide bonds. The van der Waals surface area contributed by atoms with Gasteiger partial charge in [-0.25, -0.2) is 9.18 Å². The second-order valence-corrected chi connectivity index (χ2v) is 5.28. The molecule has 0 bridgehead atoms. The normalized spacial score (nSPS) is 21.1. The molecule has 0 radical (unpaired) electrons. The van der Waals surface area contributed by atoms with Crippen molar-refractivity contribution in [2.24, 2.45) is 10.7 Å². The van der Waals surface area contributed by atoms with Crippen LogP contribution in [0.2, 0.25) is 0 Å². The first-order chi connectivity index (χ1) is 10.5. The highest BCUT2D eigenvalue weighted by molar-refractivity contribution is 5.82. The lowest BCUT2D eigenvalue weighted by Gasteiger charge is -2.19. The van der Waals surface area contributed by atoms with Crippen molar-refractivity contribution in [3.05, 3.63) is 51.4 Å². The highest BCUT2D eigenvalue weighted by atomic mass is 19.1. The molecule has 2 aromatic rings. The molecule has 3 rings (SSSR count). The minimum Gasteiger partial charge on any atom is -0.508 e. The van der Waals surface area contributed by atoms with Gasteiger partial charge >= 0.3 is 5.63 Å². The van der Waals surface area contributed by atoms with E-state index in [0.717, 1.165) is 0 Å². The summed E-state index contributed by atoms with van der Waals surface area (Å²) >= 11 is 0. The molecule has 1 aliphatic rings. The van der Waals surface area contributed by atoms with Crippen LogP contribution in [-0.2, 0) is 6.42 Å². The lowest BCUT2D eigenvalue weighted by Crippen LogP contribution is -2.34. The van der Waals surface area contributed by atoms with E-state index in [1.165, 1.54) is 24.4 Å². The fourth-order valence-electron chi connectivity index (χ4n) is 2.57. The number of aliphatic imine (C=N–C) groups is 1. The molecule has 3 N–H and O–H groups in total. The molecule has 0 aliphatic carbocycles. The number of alkyl halides is 1. The number of dihydropyridines is 1. The SMILES string of the molecule is Cc1c(CC2=CC=NC(N)C2F)c(=O)oc2cc(O)ccc12. The van der Waals surface area contributed by atoms with E-state index < -0.39 is 18.0 Å². The fraction of sp³-hybridized carbons (Fsp3) is 0.250. The fourth-order valence-corrected chi connectivity index (χ4v) is 2.57. The summed E-state index contributed by atoms with van der Waals surface area (Å²) in [6.07, 6.45) is 0.746. The first-order valence-electron chi connectivity index (χ1n) is 6.84. The van der Waals surface area contributed by atoms with Gasteiger partial charge in [0.15, 0.2) is 6.17 Å². The minimum atomic E-state index is -1.42. The summed E-state index contributed by atoms with van der Waals surface area (Å²) in [7, 11) is 0. The Bertz CT molecular complexity index is 854.